The predicted octanol–water partition coefficient (Wildman–Crippen LogP) is 2.75. The van der Waals surface area contributed by atoms with E-state index in [1.54, 1.807) is 6.92 Å². The van der Waals surface area contributed by atoms with Crippen LogP contribution in [-0.2, 0) is 19.1 Å². The van der Waals surface area contributed by atoms with Gasteiger partial charge in [-0.15, -0.1) is 0 Å². The van der Waals surface area contributed by atoms with Crippen LogP contribution in [0.3, 0.4) is 0 Å². The van der Waals surface area contributed by atoms with E-state index in [0.29, 0.717) is 18.6 Å². The van der Waals surface area contributed by atoms with Gasteiger partial charge < -0.3 is 9.47 Å². The number of carbonyl (C=O) groups excluding carboxylic acids is 2. The van der Waals surface area contributed by atoms with Crippen LogP contribution in [0, 0.1) is 0 Å². The monoisotopic (exact) mass is 276 g/mol. The minimum absolute atomic E-state index is 0.0941. The maximum Gasteiger partial charge on any atom is 0.306 e. The standard InChI is InChI=1S/C13H24O4S/c1-3-5-6-7-8-13(15)17-11(10-18)9-16-12(14)4-2/h11,18H,3-10H2,1-2H3/t11-/m1/s1. The van der Waals surface area contributed by atoms with Gasteiger partial charge in [0.2, 0.25) is 0 Å². The van der Waals surface area contributed by atoms with E-state index in [2.05, 4.69) is 19.6 Å². The molecule has 0 unspecified atom stereocenters. The van der Waals surface area contributed by atoms with Crippen molar-refractivity contribution in [1.82, 2.24) is 0 Å². The first-order valence-electron chi connectivity index (χ1n) is 6.59. The summed E-state index contributed by atoms with van der Waals surface area (Å²) in [5.74, 6) is -0.170. The van der Waals surface area contributed by atoms with Crippen LogP contribution in [0.25, 0.3) is 0 Å². The van der Waals surface area contributed by atoms with Gasteiger partial charge in [-0.3, -0.25) is 9.59 Å². The molecular weight excluding hydrogens is 252 g/mol. The summed E-state index contributed by atoms with van der Waals surface area (Å²) < 4.78 is 10.1. The minimum Gasteiger partial charge on any atom is -0.462 e. The maximum absolute atomic E-state index is 11.5. The molecule has 0 bridgehead atoms. The zero-order chi connectivity index (χ0) is 13.8. The van der Waals surface area contributed by atoms with Crippen molar-refractivity contribution in [3.05, 3.63) is 0 Å². The van der Waals surface area contributed by atoms with Gasteiger partial charge in [0.15, 0.2) is 0 Å². The van der Waals surface area contributed by atoms with Crippen LogP contribution in [-0.4, -0.2) is 30.4 Å². The quantitative estimate of drug-likeness (QED) is 0.379. The highest BCUT2D eigenvalue weighted by molar-refractivity contribution is 7.80. The third-order valence-corrected chi connectivity index (χ3v) is 2.86. The Morgan fingerprint density at radius 3 is 2.39 bits per heavy atom. The fourth-order valence-electron chi connectivity index (χ4n) is 1.35. The van der Waals surface area contributed by atoms with Crippen LogP contribution < -0.4 is 0 Å². The lowest BCUT2D eigenvalue weighted by Crippen LogP contribution is -2.26. The van der Waals surface area contributed by atoms with Gasteiger partial charge in [-0.1, -0.05) is 33.1 Å². The molecule has 0 aliphatic carbocycles. The fraction of sp³-hybridized carbons (Fsp3) is 0.846. The van der Waals surface area contributed by atoms with E-state index in [4.69, 9.17) is 9.47 Å². The molecule has 106 valence electrons. The number of rotatable bonds is 10. The first-order chi connectivity index (χ1) is 8.63. The van der Waals surface area contributed by atoms with Gasteiger partial charge in [0.1, 0.15) is 12.7 Å². The smallest absolute Gasteiger partial charge is 0.306 e. The molecule has 0 saturated carbocycles. The highest BCUT2D eigenvalue weighted by Crippen LogP contribution is 2.06. The average Bonchev–Trinajstić information content (AvgIpc) is 2.39. The number of unbranched alkanes of at least 4 members (excludes halogenated alkanes) is 3. The molecule has 0 fully saturated rings. The Labute approximate surface area is 115 Å². The topological polar surface area (TPSA) is 52.6 Å². The summed E-state index contributed by atoms with van der Waals surface area (Å²) in [5, 5.41) is 0. The van der Waals surface area contributed by atoms with E-state index in [9.17, 15) is 9.59 Å². The molecule has 0 saturated heterocycles. The van der Waals surface area contributed by atoms with Gasteiger partial charge in [-0.2, -0.15) is 12.6 Å². The van der Waals surface area contributed by atoms with Crippen molar-refractivity contribution in [2.24, 2.45) is 0 Å². The maximum atomic E-state index is 11.5. The lowest BCUT2D eigenvalue weighted by molar-refractivity contribution is -0.157. The Kier molecular flexibility index (Phi) is 10.9. The van der Waals surface area contributed by atoms with Gasteiger partial charge >= 0.3 is 11.9 Å². The Bertz CT molecular complexity index is 243. The highest BCUT2D eigenvalue weighted by atomic mass is 32.1. The molecule has 0 rings (SSSR count). The van der Waals surface area contributed by atoms with Gasteiger partial charge in [0, 0.05) is 18.6 Å². The SMILES string of the molecule is CCCCCCC(=O)O[C@@H](CS)COC(=O)CC. The first-order valence-corrected chi connectivity index (χ1v) is 7.23. The second-order valence-electron chi connectivity index (χ2n) is 4.14. The molecule has 0 spiro atoms. The molecule has 0 aromatic carbocycles. The summed E-state index contributed by atoms with van der Waals surface area (Å²) in [5.41, 5.74) is 0. The second kappa shape index (κ2) is 11.4. The van der Waals surface area contributed by atoms with Gasteiger partial charge in [0.05, 0.1) is 0 Å². The molecule has 0 N–H and O–H groups in total. The van der Waals surface area contributed by atoms with Crippen molar-refractivity contribution in [3.8, 4) is 0 Å². The number of hydrogen-bond donors (Lipinski definition) is 1. The van der Waals surface area contributed by atoms with E-state index < -0.39 is 6.10 Å². The summed E-state index contributed by atoms with van der Waals surface area (Å²) in [6, 6.07) is 0. The zero-order valence-electron chi connectivity index (χ0n) is 11.3. The first kappa shape index (κ1) is 17.3. The van der Waals surface area contributed by atoms with Crippen molar-refractivity contribution in [2.75, 3.05) is 12.4 Å². The molecule has 0 aromatic heterocycles. The van der Waals surface area contributed by atoms with Gasteiger partial charge in [0.25, 0.3) is 0 Å². The fourth-order valence-corrected chi connectivity index (χ4v) is 1.53. The van der Waals surface area contributed by atoms with Crippen molar-refractivity contribution in [1.29, 1.82) is 0 Å². The summed E-state index contributed by atoms with van der Waals surface area (Å²) in [6.45, 7) is 3.94. The third kappa shape index (κ3) is 9.33. The molecule has 18 heavy (non-hydrogen) atoms. The molecule has 1 atom stereocenters. The Balaban J connectivity index is 3.75. The lowest BCUT2D eigenvalue weighted by atomic mass is 10.1. The van der Waals surface area contributed by atoms with E-state index in [1.807, 2.05) is 0 Å². The highest BCUT2D eigenvalue weighted by Gasteiger charge is 2.14. The Morgan fingerprint density at radius 2 is 1.83 bits per heavy atom. The molecular formula is C13H24O4S. The number of carbonyl (C=O) groups is 2. The van der Waals surface area contributed by atoms with Crippen molar-refractivity contribution < 1.29 is 19.1 Å². The van der Waals surface area contributed by atoms with E-state index >= 15 is 0 Å². The summed E-state index contributed by atoms with van der Waals surface area (Å²) in [7, 11) is 0. The third-order valence-electron chi connectivity index (χ3n) is 2.46. The van der Waals surface area contributed by atoms with Crippen LogP contribution in [0.4, 0.5) is 0 Å². The summed E-state index contributed by atoms with van der Waals surface area (Å²) >= 11 is 4.08. The van der Waals surface area contributed by atoms with Gasteiger partial charge in [-0.25, -0.2) is 0 Å². The number of esters is 2. The number of hydrogen-bond acceptors (Lipinski definition) is 5. The molecule has 0 aromatic rings. The van der Waals surface area contributed by atoms with Crippen LogP contribution >= 0.6 is 12.6 Å². The minimum atomic E-state index is -0.442. The molecule has 4 nitrogen and oxygen atoms in total. The molecule has 0 radical (unpaired) electrons. The molecule has 0 heterocycles. The van der Waals surface area contributed by atoms with Crippen LogP contribution in [0.15, 0.2) is 0 Å². The number of ether oxygens (including phenoxy) is 2. The Hall–Kier alpha value is -0.710. The van der Waals surface area contributed by atoms with Crippen LogP contribution in [0.2, 0.25) is 0 Å². The van der Waals surface area contributed by atoms with Crippen molar-refractivity contribution in [2.45, 2.75) is 58.5 Å². The van der Waals surface area contributed by atoms with Crippen LogP contribution in [0.1, 0.15) is 52.4 Å². The zero-order valence-corrected chi connectivity index (χ0v) is 12.2. The largest absolute Gasteiger partial charge is 0.462 e. The summed E-state index contributed by atoms with van der Waals surface area (Å²) in [4.78, 5) is 22.5. The van der Waals surface area contributed by atoms with E-state index in [1.165, 1.54) is 0 Å². The van der Waals surface area contributed by atoms with E-state index in [0.717, 1.165) is 25.7 Å². The molecule has 5 heteroatoms. The van der Waals surface area contributed by atoms with Crippen molar-refractivity contribution >= 4 is 24.6 Å². The number of thiol groups is 1. The van der Waals surface area contributed by atoms with Crippen molar-refractivity contribution in [3.63, 3.8) is 0 Å². The normalized spacial score (nSPS) is 11.9. The molecule has 0 amide bonds. The molecule has 0 aliphatic rings. The Morgan fingerprint density at radius 1 is 1.11 bits per heavy atom. The van der Waals surface area contributed by atoms with Gasteiger partial charge in [-0.05, 0) is 6.42 Å². The van der Waals surface area contributed by atoms with E-state index in [-0.39, 0.29) is 18.5 Å². The molecule has 0 aliphatic heterocycles. The predicted molar refractivity (Wildman–Crippen MR) is 73.7 cm³/mol. The van der Waals surface area contributed by atoms with Crippen LogP contribution in [0.5, 0.6) is 0 Å². The second-order valence-corrected chi connectivity index (χ2v) is 4.51. The summed E-state index contributed by atoms with van der Waals surface area (Å²) in [6.07, 6.45) is 4.47. The lowest BCUT2D eigenvalue weighted by Gasteiger charge is -2.15. The average molecular weight is 276 g/mol.